The van der Waals surface area contributed by atoms with Crippen molar-refractivity contribution in [3.8, 4) is 0 Å². The van der Waals surface area contributed by atoms with Crippen LogP contribution in [0.4, 0.5) is 13.2 Å². The standard InChI is InChI=1S/C24H33F3/c1-2-3-18-4-8-20(9-5-18)22-12-14-23(15-13-22)21-10-6-19(7-11-21)16-17-24(25,26)27/h12-21H,2-11H2,1H3/b17-16+/t18-,19-,20-,21-. The Morgan fingerprint density at radius 2 is 1.30 bits per heavy atom. The van der Waals surface area contributed by atoms with Crippen molar-refractivity contribution >= 4 is 0 Å². The maximum Gasteiger partial charge on any atom is 0.409 e. The predicted octanol–water partition coefficient (Wildman–Crippen LogP) is 8.15. The van der Waals surface area contributed by atoms with E-state index >= 15 is 0 Å². The van der Waals surface area contributed by atoms with Crippen molar-refractivity contribution < 1.29 is 13.2 Å². The molecule has 0 aliphatic heterocycles. The summed E-state index contributed by atoms with van der Waals surface area (Å²) in [5.74, 6) is 2.25. The Morgan fingerprint density at radius 3 is 1.74 bits per heavy atom. The van der Waals surface area contributed by atoms with Gasteiger partial charge in [-0.2, -0.15) is 13.2 Å². The Hall–Kier alpha value is -1.25. The molecular weight excluding hydrogens is 345 g/mol. The fraction of sp³-hybridized carbons (Fsp3) is 0.667. The van der Waals surface area contributed by atoms with Crippen LogP contribution in [0, 0.1) is 11.8 Å². The van der Waals surface area contributed by atoms with E-state index in [2.05, 4.69) is 31.2 Å². The van der Waals surface area contributed by atoms with Crippen LogP contribution in [-0.4, -0.2) is 6.18 Å². The molecule has 0 atom stereocenters. The Morgan fingerprint density at radius 1 is 0.815 bits per heavy atom. The molecule has 150 valence electrons. The van der Waals surface area contributed by atoms with Crippen molar-refractivity contribution in [2.24, 2.45) is 11.8 Å². The van der Waals surface area contributed by atoms with Crippen LogP contribution in [0.3, 0.4) is 0 Å². The van der Waals surface area contributed by atoms with Gasteiger partial charge in [-0.15, -0.1) is 0 Å². The van der Waals surface area contributed by atoms with E-state index in [9.17, 15) is 13.2 Å². The largest absolute Gasteiger partial charge is 0.409 e. The number of halogens is 3. The van der Waals surface area contributed by atoms with Crippen LogP contribution in [0.2, 0.25) is 0 Å². The van der Waals surface area contributed by atoms with Crippen LogP contribution in [0.1, 0.15) is 94.1 Å². The predicted molar refractivity (Wildman–Crippen MR) is 106 cm³/mol. The molecule has 1 aromatic rings. The van der Waals surface area contributed by atoms with E-state index < -0.39 is 6.18 Å². The zero-order valence-corrected chi connectivity index (χ0v) is 16.5. The molecule has 0 N–H and O–H groups in total. The molecular formula is C24H33F3. The highest BCUT2D eigenvalue weighted by Crippen LogP contribution is 2.40. The lowest BCUT2D eigenvalue weighted by Gasteiger charge is -2.30. The summed E-state index contributed by atoms with van der Waals surface area (Å²) >= 11 is 0. The van der Waals surface area contributed by atoms with Gasteiger partial charge in [0.25, 0.3) is 0 Å². The van der Waals surface area contributed by atoms with E-state index in [0.717, 1.165) is 37.5 Å². The lowest BCUT2D eigenvalue weighted by atomic mass is 9.76. The Balaban J connectivity index is 1.49. The molecule has 0 unspecified atom stereocenters. The van der Waals surface area contributed by atoms with Crippen molar-refractivity contribution in [2.45, 2.75) is 89.1 Å². The van der Waals surface area contributed by atoms with Crippen LogP contribution in [0.5, 0.6) is 0 Å². The molecule has 0 bridgehead atoms. The van der Waals surface area contributed by atoms with E-state index in [1.807, 2.05) is 0 Å². The van der Waals surface area contributed by atoms with Gasteiger partial charge in [0.2, 0.25) is 0 Å². The van der Waals surface area contributed by atoms with Gasteiger partial charge in [0, 0.05) is 6.08 Å². The van der Waals surface area contributed by atoms with E-state index in [0.29, 0.717) is 12.0 Å². The first-order valence-corrected chi connectivity index (χ1v) is 10.8. The second-order valence-electron chi connectivity index (χ2n) is 8.69. The highest BCUT2D eigenvalue weighted by atomic mass is 19.4. The minimum atomic E-state index is -4.18. The molecule has 0 amide bonds. The summed E-state index contributed by atoms with van der Waals surface area (Å²) in [5, 5.41) is 0. The first-order valence-electron chi connectivity index (χ1n) is 10.8. The van der Waals surface area contributed by atoms with Crippen molar-refractivity contribution in [3.63, 3.8) is 0 Å². The zero-order valence-electron chi connectivity index (χ0n) is 16.5. The zero-order chi connectivity index (χ0) is 19.3. The third kappa shape index (κ3) is 6.12. The van der Waals surface area contributed by atoms with Gasteiger partial charge in [-0.05, 0) is 86.2 Å². The molecule has 0 radical (unpaired) electrons. The highest BCUT2D eigenvalue weighted by Gasteiger charge is 2.26. The van der Waals surface area contributed by atoms with Gasteiger partial charge >= 0.3 is 6.18 Å². The number of alkyl halides is 3. The maximum absolute atomic E-state index is 12.3. The van der Waals surface area contributed by atoms with Crippen LogP contribution in [-0.2, 0) is 0 Å². The highest BCUT2D eigenvalue weighted by molar-refractivity contribution is 5.28. The number of hydrogen-bond acceptors (Lipinski definition) is 0. The quantitative estimate of drug-likeness (QED) is 0.453. The first kappa shape index (κ1) is 20.5. The number of allylic oxidation sites excluding steroid dienone is 2. The monoisotopic (exact) mass is 378 g/mol. The third-order valence-electron chi connectivity index (χ3n) is 6.75. The normalized spacial score (nSPS) is 29.9. The lowest BCUT2D eigenvalue weighted by Crippen LogP contribution is -2.14. The lowest BCUT2D eigenvalue weighted by molar-refractivity contribution is -0.0803. The minimum absolute atomic E-state index is 0.0838. The summed E-state index contributed by atoms with van der Waals surface area (Å²) < 4.78 is 36.9. The maximum atomic E-state index is 12.3. The molecule has 0 heterocycles. The van der Waals surface area contributed by atoms with Crippen LogP contribution >= 0.6 is 0 Å². The Labute approximate surface area is 162 Å². The summed E-state index contributed by atoms with van der Waals surface area (Å²) in [7, 11) is 0. The SMILES string of the molecule is CCC[C@H]1CC[C@H](c2ccc([C@H]3CC[C@H](/C=C/C(F)(F)F)CC3)cc2)CC1. The van der Waals surface area contributed by atoms with Crippen LogP contribution in [0.15, 0.2) is 36.4 Å². The summed E-state index contributed by atoms with van der Waals surface area (Å²) in [5.41, 5.74) is 2.85. The van der Waals surface area contributed by atoms with E-state index in [-0.39, 0.29) is 5.92 Å². The van der Waals surface area contributed by atoms with E-state index in [1.54, 1.807) is 0 Å². The molecule has 0 nitrogen and oxygen atoms in total. The smallest absolute Gasteiger partial charge is 0.167 e. The Kier molecular flexibility index (Phi) is 7.05. The fourth-order valence-electron chi connectivity index (χ4n) is 5.12. The molecule has 3 rings (SSSR count). The molecule has 2 aliphatic rings. The number of hydrogen-bond donors (Lipinski definition) is 0. The molecule has 3 heteroatoms. The number of benzene rings is 1. The first-order chi connectivity index (χ1) is 12.9. The van der Waals surface area contributed by atoms with Gasteiger partial charge in [-0.1, -0.05) is 50.1 Å². The van der Waals surface area contributed by atoms with Crippen molar-refractivity contribution in [2.75, 3.05) is 0 Å². The van der Waals surface area contributed by atoms with Gasteiger partial charge in [0.05, 0.1) is 0 Å². The van der Waals surface area contributed by atoms with Crippen molar-refractivity contribution in [1.29, 1.82) is 0 Å². The summed E-state index contributed by atoms with van der Waals surface area (Å²) in [6.45, 7) is 2.28. The van der Waals surface area contributed by atoms with Gasteiger partial charge in [0.1, 0.15) is 0 Å². The number of rotatable bonds is 5. The third-order valence-corrected chi connectivity index (χ3v) is 6.75. The fourth-order valence-corrected chi connectivity index (χ4v) is 5.12. The molecule has 0 aromatic heterocycles. The molecule has 2 aliphatic carbocycles. The van der Waals surface area contributed by atoms with E-state index in [1.165, 1.54) is 55.7 Å². The van der Waals surface area contributed by atoms with Gasteiger partial charge in [0.15, 0.2) is 0 Å². The van der Waals surface area contributed by atoms with Gasteiger partial charge < -0.3 is 0 Å². The summed E-state index contributed by atoms with van der Waals surface area (Å²) in [4.78, 5) is 0. The molecule has 1 aromatic carbocycles. The molecule has 2 fully saturated rings. The summed E-state index contributed by atoms with van der Waals surface area (Å²) in [6, 6.07) is 9.19. The molecule has 27 heavy (non-hydrogen) atoms. The average Bonchev–Trinajstić information content (AvgIpc) is 2.67. The second-order valence-corrected chi connectivity index (χ2v) is 8.69. The molecule has 2 saturated carbocycles. The van der Waals surface area contributed by atoms with Crippen LogP contribution < -0.4 is 0 Å². The van der Waals surface area contributed by atoms with Crippen molar-refractivity contribution in [3.05, 3.63) is 47.5 Å². The average molecular weight is 379 g/mol. The van der Waals surface area contributed by atoms with E-state index in [4.69, 9.17) is 0 Å². The minimum Gasteiger partial charge on any atom is -0.167 e. The Bertz CT molecular complexity index is 583. The van der Waals surface area contributed by atoms with Crippen LogP contribution in [0.25, 0.3) is 0 Å². The van der Waals surface area contributed by atoms with Gasteiger partial charge in [-0.25, -0.2) is 0 Å². The molecule has 0 saturated heterocycles. The van der Waals surface area contributed by atoms with Crippen molar-refractivity contribution in [1.82, 2.24) is 0 Å². The topological polar surface area (TPSA) is 0 Å². The van der Waals surface area contributed by atoms with Gasteiger partial charge in [-0.3, -0.25) is 0 Å². The second kappa shape index (κ2) is 9.30. The summed E-state index contributed by atoms with van der Waals surface area (Å²) in [6.07, 6.45) is 9.39. The molecule has 0 spiro atoms.